The number of benzene rings is 1. The number of hydrogen-bond acceptors (Lipinski definition) is 3. The lowest BCUT2D eigenvalue weighted by Crippen LogP contribution is -2.44. The summed E-state index contributed by atoms with van der Waals surface area (Å²) in [5.74, 6) is -6.95. The molecule has 2 rings (SSSR count). The largest absolute Gasteiger partial charge is 0.503 e. The van der Waals surface area contributed by atoms with Crippen LogP contribution >= 0.6 is 0 Å². The van der Waals surface area contributed by atoms with Crippen LogP contribution in [0.5, 0.6) is 5.75 Å². The molecule has 21 heavy (non-hydrogen) atoms. The third-order valence-electron chi connectivity index (χ3n) is 3.71. The number of aromatic hydroxyl groups is 1. The smallest absolute Gasteiger partial charge is 0.257 e. The predicted octanol–water partition coefficient (Wildman–Crippen LogP) is 2.19. The van der Waals surface area contributed by atoms with Crippen LogP contribution in [0.1, 0.15) is 36.0 Å². The second-order valence-corrected chi connectivity index (χ2v) is 5.04. The van der Waals surface area contributed by atoms with E-state index in [0.29, 0.717) is 31.9 Å². The van der Waals surface area contributed by atoms with Crippen molar-refractivity contribution in [2.45, 2.75) is 31.7 Å². The maximum atomic E-state index is 13.8. The van der Waals surface area contributed by atoms with Gasteiger partial charge in [0.1, 0.15) is 0 Å². The number of likely N-dealkylation sites (tertiary alicyclic amines) is 1. The van der Waals surface area contributed by atoms with Gasteiger partial charge in [-0.2, -0.15) is 4.39 Å². The molecule has 1 saturated heterocycles. The summed E-state index contributed by atoms with van der Waals surface area (Å²) in [6, 6.07) is 0.183. The number of carbonyl (C=O) groups is 1. The van der Waals surface area contributed by atoms with Crippen LogP contribution in [-0.2, 0) is 0 Å². The van der Waals surface area contributed by atoms with Gasteiger partial charge in [0.15, 0.2) is 17.4 Å². The fourth-order valence-corrected chi connectivity index (χ4v) is 2.62. The topological polar surface area (TPSA) is 60.8 Å². The van der Waals surface area contributed by atoms with Crippen LogP contribution < -0.4 is 0 Å². The number of aliphatic hydroxyl groups is 1. The van der Waals surface area contributed by atoms with Crippen LogP contribution in [0, 0.1) is 17.5 Å². The number of nitrogens with zero attached hydrogens (tertiary/aromatic N) is 1. The van der Waals surface area contributed by atoms with Crippen molar-refractivity contribution in [3.63, 3.8) is 0 Å². The Kier molecular flexibility index (Phi) is 4.72. The van der Waals surface area contributed by atoms with Gasteiger partial charge in [-0.3, -0.25) is 4.79 Å². The molecule has 7 heteroatoms. The Bertz CT molecular complexity index is 549. The van der Waals surface area contributed by atoms with E-state index in [0.717, 1.165) is 6.42 Å². The maximum absolute atomic E-state index is 13.8. The Balaban J connectivity index is 2.34. The minimum atomic E-state index is -1.71. The van der Waals surface area contributed by atoms with Gasteiger partial charge >= 0.3 is 0 Å². The summed E-state index contributed by atoms with van der Waals surface area (Å²) in [6.07, 6.45) is 2.58. The fourth-order valence-electron chi connectivity index (χ4n) is 2.62. The normalized spacial score (nSPS) is 18.9. The van der Waals surface area contributed by atoms with E-state index in [9.17, 15) is 23.1 Å². The highest BCUT2D eigenvalue weighted by molar-refractivity contribution is 5.95. The minimum Gasteiger partial charge on any atom is -0.503 e. The molecular weight excluding hydrogens is 287 g/mol. The SMILES string of the molecule is O=C(c1cc(F)c(F)c(O)c1F)N1CCCCC1CCO. The molecule has 0 saturated carbocycles. The van der Waals surface area contributed by atoms with E-state index in [1.165, 1.54) is 4.90 Å². The zero-order valence-electron chi connectivity index (χ0n) is 11.3. The van der Waals surface area contributed by atoms with Crippen LogP contribution in [0.3, 0.4) is 0 Å². The number of hydrogen-bond donors (Lipinski definition) is 2. The highest BCUT2D eigenvalue weighted by atomic mass is 19.2. The number of halogens is 3. The van der Waals surface area contributed by atoms with Crippen LogP contribution in [0.4, 0.5) is 13.2 Å². The molecule has 0 bridgehead atoms. The molecule has 4 nitrogen and oxygen atoms in total. The molecule has 1 unspecified atom stereocenters. The summed E-state index contributed by atoms with van der Waals surface area (Å²) in [7, 11) is 0. The zero-order valence-corrected chi connectivity index (χ0v) is 11.3. The molecule has 0 aromatic heterocycles. The van der Waals surface area contributed by atoms with Gasteiger partial charge in [-0.05, 0) is 31.7 Å². The van der Waals surface area contributed by atoms with Crippen LogP contribution in [0.25, 0.3) is 0 Å². The Morgan fingerprint density at radius 3 is 2.67 bits per heavy atom. The van der Waals surface area contributed by atoms with E-state index in [4.69, 9.17) is 5.11 Å². The third-order valence-corrected chi connectivity index (χ3v) is 3.71. The number of rotatable bonds is 3. The number of piperidine rings is 1. The van der Waals surface area contributed by atoms with Crippen LogP contribution in [-0.4, -0.2) is 40.2 Å². The Morgan fingerprint density at radius 1 is 1.29 bits per heavy atom. The molecule has 1 aliphatic heterocycles. The van der Waals surface area contributed by atoms with Crippen molar-refractivity contribution >= 4 is 5.91 Å². The molecule has 1 fully saturated rings. The van der Waals surface area contributed by atoms with Crippen LogP contribution in [0.15, 0.2) is 6.07 Å². The van der Waals surface area contributed by atoms with Crippen LogP contribution in [0.2, 0.25) is 0 Å². The highest BCUT2D eigenvalue weighted by Crippen LogP contribution is 2.29. The quantitative estimate of drug-likeness (QED) is 0.842. The molecule has 1 atom stereocenters. The standard InChI is InChI=1S/C14H16F3NO3/c15-10-7-9(11(16)13(20)12(10)17)14(21)18-5-2-1-3-8(18)4-6-19/h7-8,19-20H,1-6H2. The first-order valence-corrected chi connectivity index (χ1v) is 6.75. The zero-order chi connectivity index (χ0) is 15.6. The van der Waals surface area contributed by atoms with Crippen molar-refractivity contribution in [2.24, 2.45) is 0 Å². The monoisotopic (exact) mass is 303 g/mol. The van der Waals surface area contributed by atoms with Gasteiger partial charge < -0.3 is 15.1 Å². The number of aliphatic hydroxyl groups excluding tert-OH is 1. The fraction of sp³-hybridized carbons (Fsp3) is 0.500. The molecule has 0 radical (unpaired) electrons. The Labute approximate surface area is 119 Å². The molecule has 1 aromatic carbocycles. The molecule has 0 aliphatic carbocycles. The van der Waals surface area contributed by atoms with E-state index in [1.54, 1.807) is 0 Å². The second-order valence-electron chi connectivity index (χ2n) is 5.04. The van der Waals surface area contributed by atoms with E-state index in [2.05, 4.69) is 0 Å². The van der Waals surface area contributed by atoms with Gasteiger partial charge in [0.25, 0.3) is 5.91 Å². The molecule has 1 aliphatic rings. The molecule has 1 aromatic rings. The average Bonchev–Trinajstić information content (AvgIpc) is 2.49. The van der Waals surface area contributed by atoms with Gasteiger partial charge in [0, 0.05) is 19.2 Å². The molecule has 1 heterocycles. The summed E-state index contributed by atoms with van der Waals surface area (Å²) >= 11 is 0. The van der Waals surface area contributed by atoms with Gasteiger partial charge in [0.2, 0.25) is 5.82 Å². The Morgan fingerprint density at radius 2 is 2.00 bits per heavy atom. The van der Waals surface area contributed by atoms with Crippen molar-refractivity contribution in [2.75, 3.05) is 13.2 Å². The lowest BCUT2D eigenvalue weighted by molar-refractivity contribution is 0.0568. The highest BCUT2D eigenvalue weighted by Gasteiger charge is 2.31. The van der Waals surface area contributed by atoms with Gasteiger partial charge in [-0.1, -0.05) is 0 Å². The molecule has 1 amide bonds. The van der Waals surface area contributed by atoms with Gasteiger partial charge in [-0.15, -0.1) is 0 Å². The summed E-state index contributed by atoms with van der Waals surface area (Å²) < 4.78 is 40.1. The first-order valence-electron chi connectivity index (χ1n) is 6.75. The van der Waals surface area contributed by atoms with Crippen molar-refractivity contribution in [1.82, 2.24) is 4.90 Å². The number of amides is 1. The minimum absolute atomic E-state index is 0.125. The lowest BCUT2D eigenvalue weighted by Gasteiger charge is -2.35. The van der Waals surface area contributed by atoms with Crippen molar-refractivity contribution in [3.8, 4) is 5.75 Å². The summed E-state index contributed by atoms with van der Waals surface area (Å²) in [5.41, 5.74) is -0.698. The molecule has 2 N–H and O–H groups in total. The molecular formula is C14H16F3NO3. The number of carbonyl (C=O) groups excluding carboxylic acids is 1. The van der Waals surface area contributed by atoms with Gasteiger partial charge in [0.05, 0.1) is 5.56 Å². The van der Waals surface area contributed by atoms with Crippen molar-refractivity contribution in [1.29, 1.82) is 0 Å². The molecule has 116 valence electrons. The van der Waals surface area contributed by atoms with E-state index in [1.807, 2.05) is 0 Å². The van der Waals surface area contributed by atoms with Gasteiger partial charge in [-0.25, -0.2) is 8.78 Å². The molecule has 0 spiro atoms. The number of phenolic OH excluding ortho intramolecular Hbond substituents is 1. The average molecular weight is 303 g/mol. The summed E-state index contributed by atoms with van der Waals surface area (Å²) in [4.78, 5) is 13.7. The predicted molar refractivity (Wildman–Crippen MR) is 68.4 cm³/mol. The first kappa shape index (κ1) is 15.6. The maximum Gasteiger partial charge on any atom is 0.257 e. The van der Waals surface area contributed by atoms with Crippen molar-refractivity contribution in [3.05, 3.63) is 29.1 Å². The Hall–Kier alpha value is -1.76. The van der Waals surface area contributed by atoms with E-state index in [-0.39, 0.29) is 12.6 Å². The summed E-state index contributed by atoms with van der Waals surface area (Å²) in [6.45, 7) is 0.225. The van der Waals surface area contributed by atoms with Crippen molar-refractivity contribution < 1.29 is 28.2 Å². The third kappa shape index (κ3) is 2.97. The lowest BCUT2D eigenvalue weighted by atomic mass is 9.98. The first-order chi connectivity index (χ1) is 9.97. The summed E-state index contributed by atoms with van der Waals surface area (Å²) in [5, 5.41) is 18.2. The second kappa shape index (κ2) is 6.34. The van der Waals surface area contributed by atoms with E-state index < -0.39 is 34.7 Å². The van der Waals surface area contributed by atoms with E-state index >= 15 is 0 Å². The number of phenols is 1.